The van der Waals surface area contributed by atoms with E-state index in [0.29, 0.717) is 5.82 Å². The molecule has 1 rings (SSSR count). The SMILES string of the molecule is [CH2-]c1cnc(C)nc1[N-]CC.[Y]. The predicted octanol–water partition coefficient (Wildman–Crippen LogP) is 1.99. The third kappa shape index (κ3) is 3.07. The van der Waals surface area contributed by atoms with Crippen LogP contribution in [-0.2, 0) is 32.7 Å². The summed E-state index contributed by atoms with van der Waals surface area (Å²) in [4.78, 5) is 8.11. The van der Waals surface area contributed by atoms with Crippen molar-refractivity contribution in [2.45, 2.75) is 13.8 Å². The maximum Gasteiger partial charge on any atom is 0 e. The van der Waals surface area contributed by atoms with Gasteiger partial charge in [0.2, 0.25) is 0 Å². The summed E-state index contributed by atoms with van der Waals surface area (Å²) in [5, 5.41) is 4.15. The van der Waals surface area contributed by atoms with Crippen molar-refractivity contribution in [1.29, 1.82) is 0 Å². The summed E-state index contributed by atoms with van der Waals surface area (Å²) in [7, 11) is 0. The Kier molecular flexibility index (Phi) is 5.42. The molecule has 0 unspecified atom stereocenters. The normalized spacial score (nSPS) is 8.83. The van der Waals surface area contributed by atoms with E-state index in [-0.39, 0.29) is 32.7 Å². The number of aromatic nitrogens is 2. The van der Waals surface area contributed by atoms with Gasteiger partial charge in [0.25, 0.3) is 0 Å². The van der Waals surface area contributed by atoms with Crippen LogP contribution in [0.5, 0.6) is 0 Å². The van der Waals surface area contributed by atoms with Gasteiger partial charge in [-0.25, -0.2) is 0 Å². The molecule has 3 nitrogen and oxygen atoms in total. The van der Waals surface area contributed by atoms with E-state index < -0.39 is 0 Å². The molecule has 0 amide bonds. The summed E-state index contributed by atoms with van der Waals surface area (Å²) in [6, 6.07) is 0. The van der Waals surface area contributed by atoms with Gasteiger partial charge in [-0.2, -0.15) is 18.3 Å². The van der Waals surface area contributed by atoms with Gasteiger partial charge < -0.3 is 15.3 Å². The van der Waals surface area contributed by atoms with E-state index >= 15 is 0 Å². The molecule has 0 aliphatic heterocycles. The molecular formula is C8H11N3Y-2. The fourth-order valence-corrected chi connectivity index (χ4v) is 0.770. The Labute approximate surface area is 98.3 Å². The molecule has 1 radical (unpaired) electrons. The van der Waals surface area contributed by atoms with Gasteiger partial charge in [0.1, 0.15) is 0 Å². The first-order chi connectivity index (χ1) is 5.24. The first kappa shape index (κ1) is 11.9. The van der Waals surface area contributed by atoms with Crippen LogP contribution in [0.3, 0.4) is 0 Å². The van der Waals surface area contributed by atoms with Crippen LogP contribution in [0.1, 0.15) is 18.3 Å². The largest absolute Gasteiger partial charge is 0.527 e. The maximum atomic E-state index is 4.15. The molecule has 0 aliphatic rings. The molecule has 1 heterocycles. The Bertz CT molecular complexity index is 250. The summed E-state index contributed by atoms with van der Waals surface area (Å²) in [6.07, 6.45) is 1.69. The van der Waals surface area contributed by atoms with Crippen molar-refractivity contribution in [1.82, 2.24) is 9.97 Å². The van der Waals surface area contributed by atoms with Gasteiger partial charge in [0, 0.05) is 32.7 Å². The monoisotopic (exact) mass is 238 g/mol. The molecule has 0 atom stereocenters. The zero-order chi connectivity index (χ0) is 8.27. The van der Waals surface area contributed by atoms with E-state index in [2.05, 4.69) is 22.2 Å². The number of rotatable bonds is 2. The van der Waals surface area contributed by atoms with E-state index in [1.165, 1.54) is 0 Å². The Morgan fingerprint density at radius 3 is 2.83 bits per heavy atom. The molecule has 0 spiro atoms. The fraction of sp³-hybridized carbons (Fsp3) is 0.375. The van der Waals surface area contributed by atoms with Crippen molar-refractivity contribution >= 4 is 5.82 Å². The first-order valence-electron chi connectivity index (χ1n) is 3.57. The van der Waals surface area contributed by atoms with Crippen LogP contribution in [0.15, 0.2) is 6.20 Å². The van der Waals surface area contributed by atoms with Crippen LogP contribution in [0, 0.1) is 13.8 Å². The van der Waals surface area contributed by atoms with Gasteiger partial charge in [-0.15, -0.1) is 0 Å². The molecule has 0 saturated carbocycles. The van der Waals surface area contributed by atoms with Gasteiger partial charge >= 0.3 is 0 Å². The molecule has 0 aliphatic carbocycles. The summed E-state index contributed by atoms with van der Waals surface area (Å²) in [6.45, 7) is 8.31. The van der Waals surface area contributed by atoms with Crippen LogP contribution >= 0.6 is 0 Å². The van der Waals surface area contributed by atoms with Crippen molar-refractivity contribution < 1.29 is 32.7 Å². The van der Waals surface area contributed by atoms with Crippen LogP contribution < -0.4 is 0 Å². The van der Waals surface area contributed by atoms with Crippen LogP contribution in [-0.4, -0.2) is 16.5 Å². The molecule has 1 aromatic rings. The van der Waals surface area contributed by atoms with E-state index in [0.717, 1.165) is 17.9 Å². The van der Waals surface area contributed by atoms with Gasteiger partial charge in [-0.3, -0.25) is 0 Å². The Morgan fingerprint density at radius 1 is 1.58 bits per heavy atom. The van der Waals surface area contributed by atoms with Crippen molar-refractivity contribution in [3.05, 3.63) is 29.8 Å². The third-order valence-electron chi connectivity index (χ3n) is 1.27. The number of hydrogen-bond acceptors (Lipinski definition) is 2. The van der Waals surface area contributed by atoms with Crippen LogP contribution in [0.2, 0.25) is 0 Å². The smallest absolute Gasteiger partial charge is 0 e. The Hall–Kier alpha value is -0.146. The van der Waals surface area contributed by atoms with Gasteiger partial charge in [-0.1, -0.05) is 19.7 Å². The average Bonchev–Trinajstić information content (AvgIpc) is 1.98. The minimum absolute atomic E-state index is 0. The first-order valence-corrected chi connectivity index (χ1v) is 3.57. The molecule has 0 fully saturated rings. The van der Waals surface area contributed by atoms with E-state index in [1.807, 2.05) is 13.8 Å². The Morgan fingerprint density at radius 2 is 2.25 bits per heavy atom. The Balaban J connectivity index is 0.00000121. The van der Waals surface area contributed by atoms with Crippen LogP contribution in [0.25, 0.3) is 5.32 Å². The minimum atomic E-state index is 0. The van der Waals surface area contributed by atoms with E-state index in [9.17, 15) is 0 Å². The predicted molar refractivity (Wildman–Crippen MR) is 44.8 cm³/mol. The summed E-state index contributed by atoms with van der Waals surface area (Å²) in [5.41, 5.74) is 0.789. The molecule has 0 saturated heterocycles. The van der Waals surface area contributed by atoms with Gasteiger partial charge in [0.05, 0.1) is 0 Å². The number of aryl methyl sites for hydroxylation is 1. The molecule has 12 heavy (non-hydrogen) atoms. The van der Waals surface area contributed by atoms with Crippen molar-refractivity contribution in [2.75, 3.05) is 6.54 Å². The molecule has 63 valence electrons. The number of hydrogen-bond donors (Lipinski definition) is 0. The molecule has 1 aromatic heterocycles. The van der Waals surface area contributed by atoms with Crippen molar-refractivity contribution in [3.8, 4) is 0 Å². The maximum absolute atomic E-state index is 4.15. The van der Waals surface area contributed by atoms with E-state index in [1.54, 1.807) is 6.20 Å². The number of nitrogens with zero attached hydrogens (tertiary/aromatic N) is 3. The standard InChI is InChI=1S/C8H11N3.Y/c1-4-9-8-6(2)5-10-7(3)11-8;/h5H,2,4H2,1,3H3;/q-2;. The van der Waals surface area contributed by atoms with Gasteiger partial charge in [-0.05, 0) is 12.7 Å². The fourth-order valence-electron chi connectivity index (χ4n) is 0.770. The van der Waals surface area contributed by atoms with E-state index in [4.69, 9.17) is 0 Å². The molecule has 0 aromatic carbocycles. The molecule has 4 heteroatoms. The second-order valence-corrected chi connectivity index (χ2v) is 2.24. The quantitative estimate of drug-likeness (QED) is 0.739. The summed E-state index contributed by atoms with van der Waals surface area (Å²) < 4.78 is 0. The molecule has 0 bridgehead atoms. The average molecular weight is 238 g/mol. The zero-order valence-corrected chi connectivity index (χ0v) is 10.2. The van der Waals surface area contributed by atoms with Gasteiger partial charge in [0.15, 0.2) is 0 Å². The second kappa shape index (κ2) is 5.49. The summed E-state index contributed by atoms with van der Waals surface area (Å²) in [5.74, 6) is 1.45. The third-order valence-corrected chi connectivity index (χ3v) is 1.27. The molecular weight excluding hydrogens is 227 g/mol. The van der Waals surface area contributed by atoms with Crippen LogP contribution in [0.4, 0.5) is 5.82 Å². The second-order valence-electron chi connectivity index (χ2n) is 2.24. The molecule has 0 N–H and O–H groups in total. The minimum Gasteiger partial charge on any atom is -0.527 e. The topological polar surface area (TPSA) is 39.9 Å². The van der Waals surface area contributed by atoms with Crippen molar-refractivity contribution in [3.63, 3.8) is 0 Å². The van der Waals surface area contributed by atoms with Crippen molar-refractivity contribution in [2.24, 2.45) is 0 Å². The zero-order valence-electron chi connectivity index (χ0n) is 7.41. The summed E-state index contributed by atoms with van der Waals surface area (Å²) >= 11 is 0.